The molecule has 22 heavy (non-hydrogen) atoms. The predicted octanol–water partition coefficient (Wildman–Crippen LogP) is 2.03. The van der Waals surface area contributed by atoms with Crippen molar-refractivity contribution in [1.29, 1.82) is 0 Å². The predicted molar refractivity (Wildman–Crippen MR) is 83.3 cm³/mol. The van der Waals surface area contributed by atoms with Crippen LogP contribution in [0.2, 0.25) is 0 Å². The smallest absolute Gasteiger partial charge is 0.255 e. The lowest BCUT2D eigenvalue weighted by Gasteiger charge is -2.09. The van der Waals surface area contributed by atoms with Crippen molar-refractivity contribution in [2.24, 2.45) is 0 Å². The largest absolute Gasteiger partial charge is 0.507 e. The second kappa shape index (κ2) is 6.98. The number of ether oxygens (including phenoxy) is 1. The number of aryl methyl sites for hydroxylation is 3. The fourth-order valence-corrected chi connectivity index (χ4v) is 2.26. The minimum atomic E-state index is -0.298. The number of rotatable bonds is 6. The lowest BCUT2D eigenvalue weighted by molar-refractivity contribution is 0.0950. The van der Waals surface area contributed by atoms with Gasteiger partial charge in [-0.3, -0.25) is 9.48 Å². The van der Waals surface area contributed by atoms with Crippen LogP contribution in [0.4, 0.5) is 0 Å². The minimum absolute atomic E-state index is 0.0876. The number of nitrogens with one attached hydrogen (secondary N) is 1. The zero-order valence-electron chi connectivity index (χ0n) is 13.1. The van der Waals surface area contributed by atoms with Crippen LogP contribution < -0.4 is 10.1 Å². The van der Waals surface area contributed by atoms with Crippen LogP contribution in [0.5, 0.6) is 11.5 Å². The zero-order chi connectivity index (χ0) is 16.1. The van der Waals surface area contributed by atoms with Crippen LogP contribution in [-0.2, 0) is 6.54 Å². The van der Waals surface area contributed by atoms with Gasteiger partial charge in [-0.15, -0.1) is 0 Å². The first-order valence-corrected chi connectivity index (χ1v) is 7.17. The van der Waals surface area contributed by atoms with E-state index in [1.54, 1.807) is 12.1 Å². The molecule has 2 N–H and O–H groups in total. The van der Waals surface area contributed by atoms with Gasteiger partial charge in [-0.2, -0.15) is 5.10 Å². The maximum atomic E-state index is 12.0. The summed E-state index contributed by atoms with van der Waals surface area (Å²) in [7, 11) is 1.51. The summed E-state index contributed by atoms with van der Waals surface area (Å²) in [5, 5.41) is 17.0. The molecular formula is C16H21N3O3. The fraction of sp³-hybridized carbons (Fsp3) is 0.375. The van der Waals surface area contributed by atoms with Crippen LogP contribution in [-0.4, -0.2) is 34.4 Å². The number of carbonyl (C=O) groups is 1. The van der Waals surface area contributed by atoms with Crippen molar-refractivity contribution in [2.45, 2.75) is 26.8 Å². The van der Waals surface area contributed by atoms with E-state index >= 15 is 0 Å². The molecule has 0 radical (unpaired) electrons. The van der Waals surface area contributed by atoms with E-state index < -0.39 is 0 Å². The number of aromatic nitrogens is 2. The van der Waals surface area contributed by atoms with Crippen LogP contribution in [0.3, 0.4) is 0 Å². The first kappa shape index (κ1) is 15.9. The van der Waals surface area contributed by atoms with Crippen molar-refractivity contribution in [3.8, 4) is 11.5 Å². The van der Waals surface area contributed by atoms with Crippen molar-refractivity contribution in [1.82, 2.24) is 15.1 Å². The number of carbonyl (C=O) groups excluding carboxylic acids is 1. The van der Waals surface area contributed by atoms with Crippen LogP contribution in [0.1, 0.15) is 28.2 Å². The van der Waals surface area contributed by atoms with Crippen molar-refractivity contribution >= 4 is 5.91 Å². The SMILES string of the molecule is COc1ccc(C(=O)NCCCn2nc(C)cc2C)c(O)c1. The third-order valence-electron chi connectivity index (χ3n) is 3.39. The Morgan fingerprint density at radius 2 is 2.14 bits per heavy atom. The molecule has 1 heterocycles. The summed E-state index contributed by atoms with van der Waals surface area (Å²) in [6.45, 7) is 5.23. The van der Waals surface area contributed by atoms with Gasteiger partial charge in [0.15, 0.2) is 0 Å². The Bertz CT molecular complexity index is 665. The molecule has 0 atom stereocenters. The third kappa shape index (κ3) is 3.78. The molecule has 1 aromatic heterocycles. The molecule has 0 fully saturated rings. The molecule has 6 nitrogen and oxygen atoms in total. The highest BCUT2D eigenvalue weighted by Gasteiger charge is 2.11. The van der Waals surface area contributed by atoms with Crippen LogP contribution in [0.25, 0.3) is 0 Å². The quantitative estimate of drug-likeness (QED) is 0.801. The highest BCUT2D eigenvalue weighted by Crippen LogP contribution is 2.23. The summed E-state index contributed by atoms with van der Waals surface area (Å²) >= 11 is 0. The molecule has 1 aromatic carbocycles. The van der Waals surface area contributed by atoms with Crippen molar-refractivity contribution < 1.29 is 14.6 Å². The van der Waals surface area contributed by atoms with Gasteiger partial charge >= 0.3 is 0 Å². The van der Waals surface area contributed by atoms with Crippen molar-refractivity contribution in [3.05, 3.63) is 41.2 Å². The summed E-state index contributed by atoms with van der Waals surface area (Å²) in [6.07, 6.45) is 0.768. The van der Waals surface area contributed by atoms with Gasteiger partial charge in [-0.1, -0.05) is 0 Å². The molecule has 0 aliphatic heterocycles. The number of nitrogens with zero attached hydrogens (tertiary/aromatic N) is 2. The molecule has 0 aliphatic rings. The van der Waals surface area contributed by atoms with E-state index in [9.17, 15) is 9.90 Å². The molecule has 0 bridgehead atoms. The number of amides is 1. The Labute approximate surface area is 129 Å². The van der Waals surface area contributed by atoms with Crippen LogP contribution in [0, 0.1) is 13.8 Å². The first-order chi connectivity index (χ1) is 10.5. The van der Waals surface area contributed by atoms with Gasteiger partial charge in [0.1, 0.15) is 11.5 Å². The Kier molecular flexibility index (Phi) is 5.04. The van der Waals surface area contributed by atoms with E-state index in [0.29, 0.717) is 12.3 Å². The van der Waals surface area contributed by atoms with E-state index in [2.05, 4.69) is 10.4 Å². The Balaban J connectivity index is 1.84. The maximum Gasteiger partial charge on any atom is 0.255 e. The average molecular weight is 303 g/mol. The van der Waals surface area contributed by atoms with Gasteiger partial charge in [-0.25, -0.2) is 0 Å². The second-order valence-electron chi connectivity index (χ2n) is 5.14. The monoisotopic (exact) mass is 303 g/mol. The molecule has 0 saturated carbocycles. The molecule has 0 saturated heterocycles. The number of hydrogen-bond donors (Lipinski definition) is 2. The molecule has 2 aromatic rings. The summed E-state index contributed by atoms with van der Waals surface area (Å²) in [6, 6.07) is 6.63. The third-order valence-corrected chi connectivity index (χ3v) is 3.39. The molecule has 0 unspecified atom stereocenters. The minimum Gasteiger partial charge on any atom is -0.507 e. The van der Waals surface area contributed by atoms with Gasteiger partial charge in [0.25, 0.3) is 5.91 Å². The summed E-state index contributed by atoms with van der Waals surface area (Å²) in [5.74, 6) is 0.127. The van der Waals surface area contributed by atoms with Crippen LogP contribution >= 0.6 is 0 Å². The van der Waals surface area contributed by atoms with Gasteiger partial charge in [0.05, 0.1) is 18.4 Å². The molecular weight excluding hydrogens is 282 g/mol. The number of aromatic hydroxyl groups is 1. The topological polar surface area (TPSA) is 76.4 Å². The number of benzene rings is 1. The lowest BCUT2D eigenvalue weighted by atomic mass is 10.1. The molecule has 118 valence electrons. The molecule has 2 rings (SSSR count). The van der Waals surface area contributed by atoms with E-state index in [-0.39, 0.29) is 17.2 Å². The van der Waals surface area contributed by atoms with E-state index in [4.69, 9.17) is 4.74 Å². The Morgan fingerprint density at radius 3 is 2.73 bits per heavy atom. The number of hydrogen-bond acceptors (Lipinski definition) is 4. The Hall–Kier alpha value is -2.50. The summed E-state index contributed by atoms with van der Waals surface area (Å²) in [5.41, 5.74) is 2.34. The van der Waals surface area contributed by atoms with E-state index in [0.717, 1.165) is 24.4 Å². The van der Waals surface area contributed by atoms with Gasteiger partial charge < -0.3 is 15.2 Å². The lowest BCUT2D eigenvalue weighted by Crippen LogP contribution is -2.25. The van der Waals surface area contributed by atoms with Crippen LogP contribution in [0.15, 0.2) is 24.3 Å². The first-order valence-electron chi connectivity index (χ1n) is 7.17. The number of methoxy groups -OCH3 is 1. The standard InChI is InChI=1S/C16H21N3O3/c1-11-9-12(2)19(18-11)8-4-7-17-16(21)14-6-5-13(22-3)10-15(14)20/h5-6,9-10,20H,4,7-8H2,1-3H3,(H,17,21). The maximum absolute atomic E-state index is 12.0. The molecule has 1 amide bonds. The fourth-order valence-electron chi connectivity index (χ4n) is 2.26. The average Bonchev–Trinajstić information content (AvgIpc) is 2.81. The zero-order valence-corrected chi connectivity index (χ0v) is 13.1. The summed E-state index contributed by atoms with van der Waals surface area (Å²) < 4.78 is 6.91. The number of phenolic OH excluding ortho intramolecular Hbond substituents is 1. The van der Waals surface area contributed by atoms with Gasteiger partial charge in [0.2, 0.25) is 0 Å². The van der Waals surface area contributed by atoms with Crippen molar-refractivity contribution in [3.63, 3.8) is 0 Å². The normalized spacial score (nSPS) is 10.5. The number of phenols is 1. The highest BCUT2D eigenvalue weighted by atomic mass is 16.5. The molecule has 6 heteroatoms. The second-order valence-corrected chi connectivity index (χ2v) is 5.14. The molecule has 0 spiro atoms. The summed E-state index contributed by atoms with van der Waals surface area (Å²) in [4.78, 5) is 12.0. The molecule has 0 aliphatic carbocycles. The highest BCUT2D eigenvalue weighted by molar-refractivity contribution is 5.96. The van der Waals surface area contributed by atoms with E-state index in [1.807, 2.05) is 24.6 Å². The van der Waals surface area contributed by atoms with E-state index in [1.165, 1.54) is 13.2 Å². The van der Waals surface area contributed by atoms with Gasteiger partial charge in [0, 0.05) is 24.8 Å². The van der Waals surface area contributed by atoms with Gasteiger partial charge in [-0.05, 0) is 38.5 Å². The Morgan fingerprint density at radius 1 is 1.36 bits per heavy atom. The van der Waals surface area contributed by atoms with Crippen molar-refractivity contribution in [2.75, 3.05) is 13.7 Å².